The van der Waals surface area contributed by atoms with Crippen molar-refractivity contribution >= 4 is 21.7 Å². The Labute approximate surface area is 186 Å². The predicted molar refractivity (Wildman–Crippen MR) is 123 cm³/mol. The molecule has 166 valence electrons. The quantitative estimate of drug-likeness (QED) is 0.428. The third-order valence-electron chi connectivity index (χ3n) is 5.30. The van der Waals surface area contributed by atoms with E-state index in [0.29, 0.717) is 30.3 Å². The normalized spacial score (nSPS) is 11.1. The highest BCUT2D eigenvalue weighted by atomic mass is 16.5. The molecular formula is C25H26N2O5. The highest BCUT2D eigenvalue weighted by molar-refractivity contribution is 5.91. The molecule has 0 fully saturated rings. The molecule has 0 saturated carbocycles. The number of benzene rings is 2. The molecule has 0 spiro atoms. The summed E-state index contributed by atoms with van der Waals surface area (Å²) < 4.78 is 22.0. The maximum Gasteiger partial charge on any atom is 0.161 e. The molecule has 0 bridgehead atoms. The van der Waals surface area contributed by atoms with E-state index in [2.05, 4.69) is 4.98 Å². The van der Waals surface area contributed by atoms with Crippen LogP contribution in [0.5, 0.6) is 17.2 Å². The van der Waals surface area contributed by atoms with Gasteiger partial charge in [0.2, 0.25) is 0 Å². The number of methoxy groups -OCH3 is 3. The molecule has 2 heterocycles. The van der Waals surface area contributed by atoms with Gasteiger partial charge in [0, 0.05) is 36.2 Å². The van der Waals surface area contributed by atoms with Crippen molar-refractivity contribution in [2.75, 3.05) is 34.5 Å². The minimum absolute atomic E-state index is 0.0488. The lowest BCUT2D eigenvalue weighted by Gasteiger charge is -2.15. The lowest BCUT2D eigenvalue weighted by atomic mass is 10.00. The summed E-state index contributed by atoms with van der Waals surface area (Å²) >= 11 is 0. The maximum atomic E-state index is 9.11. The van der Waals surface area contributed by atoms with Crippen LogP contribution in [0.4, 0.5) is 0 Å². The van der Waals surface area contributed by atoms with Gasteiger partial charge in [0.05, 0.1) is 33.1 Å². The minimum atomic E-state index is -0.0488. The second-order valence-electron chi connectivity index (χ2n) is 7.30. The van der Waals surface area contributed by atoms with Crippen LogP contribution in [-0.2, 0) is 17.8 Å². The molecule has 2 aromatic carbocycles. The third kappa shape index (κ3) is 4.30. The van der Waals surface area contributed by atoms with E-state index in [1.165, 1.54) is 0 Å². The molecule has 7 heteroatoms. The fraction of sp³-hybridized carbons (Fsp3) is 0.280. The van der Waals surface area contributed by atoms with Crippen molar-refractivity contribution < 1.29 is 24.1 Å². The van der Waals surface area contributed by atoms with Gasteiger partial charge in [-0.05, 0) is 35.2 Å². The molecule has 0 unspecified atom stereocenters. The van der Waals surface area contributed by atoms with E-state index < -0.39 is 0 Å². The van der Waals surface area contributed by atoms with Crippen LogP contribution in [0.2, 0.25) is 0 Å². The average molecular weight is 434 g/mol. The van der Waals surface area contributed by atoms with Crippen LogP contribution in [0.25, 0.3) is 21.7 Å². The average Bonchev–Trinajstić information content (AvgIpc) is 2.83. The van der Waals surface area contributed by atoms with Crippen molar-refractivity contribution in [3.05, 3.63) is 65.6 Å². The van der Waals surface area contributed by atoms with E-state index in [9.17, 15) is 0 Å². The summed E-state index contributed by atoms with van der Waals surface area (Å²) in [5.41, 5.74) is 3.50. The summed E-state index contributed by atoms with van der Waals surface area (Å²) in [6.07, 6.45) is 2.44. The molecule has 0 amide bonds. The summed E-state index contributed by atoms with van der Waals surface area (Å²) in [7, 11) is 4.89. The zero-order valence-electron chi connectivity index (χ0n) is 18.4. The van der Waals surface area contributed by atoms with Gasteiger partial charge >= 0.3 is 0 Å². The van der Waals surface area contributed by atoms with E-state index in [4.69, 9.17) is 29.0 Å². The fourth-order valence-electron chi connectivity index (χ4n) is 3.80. The number of fused-ring (bicyclic) bond motifs is 2. The zero-order chi connectivity index (χ0) is 22.5. The van der Waals surface area contributed by atoms with Gasteiger partial charge < -0.3 is 24.1 Å². The Morgan fingerprint density at radius 3 is 2.41 bits per heavy atom. The number of hydrogen-bond donors (Lipinski definition) is 1. The second-order valence-corrected chi connectivity index (χ2v) is 7.30. The number of rotatable bonds is 9. The monoisotopic (exact) mass is 434 g/mol. The predicted octanol–water partition coefficient (Wildman–Crippen LogP) is 3.91. The smallest absolute Gasteiger partial charge is 0.161 e. The first-order valence-electron chi connectivity index (χ1n) is 10.3. The van der Waals surface area contributed by atoms with Crippen molar-refractivity contribution in [1.29, 1.82) is 0 Å². The molecule has 0 aliphatic carbocycles. The van der Waals surface area contributed by atoms with Gasteiger partial charge in [-0.1, -0.05) is 18.2 Å². The Hall–Kier alpha value is -3.42. The van der Waals surface area contributed by atoms with Crippen molar-refractivity contribution in [1.82, 2.24) is 9.97 Å². The van der Waals surface area contributed by atoms with Crippen molar-refractivity contribution in [3.8, 4) is 17.2 Å². The van der Waals surface area contributed by atoms with Crippen molar-refractivity contribution in [3.63, 3.8) is 0 Å². The summed E-state index contributed by atoms with van der Waals surface area (Å²) in [5, 5.41) is 12.1. The molecule has 0 atom stereocenters. The number of nitrogens with zero attached hydrogens (tertiary/aromatic N) is 2. The number of aromatic nitrogens is 2. The number of aliphatic hydroxyl groups is 1. The van der Waals surface area contributed by atoms with E-state index in [1.807, 2.05) is 48.7 Å². The lowest BCUT2D eigenvalue weighted by molar-refractivity contribution is 0.182. The van der Waals surface area contributed by atoms with E-state index in [0.717, 1.165) is 38.6 Å². The first kappa shape index (κ1) is 21.8. The number of para-hydroxylation sites is 1. The van der Waals surface area contributed by atoms with Crippen LogP contribution in [0.3, 0.4) is 0 Å². The Balaban J connectivity index is 1.80. The number of hydrogen-bond acceptors (Lipinski definition) is 7. The van der Waals surface area contributed by atoms with Gasteiger partial charge in [0.1, 0.15) is 17.9 Å². The van der Waals surface area contributed by atoms with Gasteiger partial charge in [-0.15, -0.1) is 0 Å². The summed E-state index contributed by atoms with van der Waals surface area (Å²) in [5.74, 6) is 1.95. The molecule has 7 nitrogen and oxygen atoms in total. The largest absolute Gasteiger partial charge is 0.493 e. The second kappa shape index (κ2) is 9.80. The molecule has 0 radical (unpaired) electrons. The number of pyridine rings is 2. The van der Waals surface area contributed by atoms with Gasteiger partial charge in [0.25, 0.3) is 0 Å². The molecule has 0 saturated heterocycles. The van der Waals surface area contributed by atoms with Crippen LogP contribution in [0, 0.1) is 0 Å². The highest BCUT2D eigenvalue weighted by Gasteiger charge is 2.15. The minimum Gasteiger partial charge on any atom is -0.493 e. The van der Waals surface area contributed by atoms with E-state index in [-0.39, 0.29) is 13.2 Å². The topological polar surface area (TPSA) is 82.9 Å². The van der Waals surface area contributed by atoms with Crippen molar-refractivity contribution in [2.45, 2.75) is 13.0 Å². The summed E-state index contributed by atoms with van der Waals surface area (Å²) in [6, 6.07) is 13.7. The first-order chi connectivity index (χ1) is 15.7. The van der Waals surface area contributed by atoms with Gasteiger partial charge in [-0.3, -0.25) is 4.98 Å². The van der Waals surface area contributed by atoms with Crippen LogP contribution in [0.15, 0.2) is 48.7 Å². The fourth-order valence-corrected chi connectivity index (χ4v) is 3.80. The van der Waals surface area contributed by atoms with Gasteiger partial charge in [-0.2, -0.15) is 0 Å². The molecule has 0 aliphatic rings. The SMILES string of the molecule is COCc1ncc(Cc2ccc3cccc(OCCO)c3n2)c2cc(OC)c(OC)cc12. The van der Waals surface area contributed by atoms with Gasteiger partial charge in [0.15, 0.2) is 11.5 Å². The number of aliphatic hydroxyl groups excluding tert-OH is 1. The van der Waals surface area contributed by atoms with Crippen LogP contribution in [0.1, 0.15) is 17.0 Å². The highest BCUT2D eigenvalue weighted by Crippen LogP contribution is 2.35. The number of ether oxygens (including phenoxy) is 4. The third-order valence-corrected chi connectivity index (χ3v) is 5.30. The lowest BCUT2D eigenvalue weighted by Crippen LogP contribution is -2.03. The Bertz CT molecular complexity index is 1240. The summed E-state index contributed by atoms with van der Waals surface area (Å²) in [6.45, 7) is 0.571. The molecule has 2 aromatic heterocycles. The molecule has 4 aromatic rings. The standard InChI is InChI=1S/C25H26N2O5/c1-29-15-21-20-13-24(31-3)23(30-2)12-19(20)17(14-26-21)11-18-8-7-16-5-4-6-22(25(16)27-18)32-10-9-28/h4-8,12-14,28H,9-11,15H2,1-3H3. The Kier molecular flexibility index (Phi) is 6.68. The molecular weight excluding hydrogens is 408 g/mol. The van der Waals surface area contributed by atoms with Gasteiger partial charge in [-0.25, -0.2) is 4.98 Å². The van der Waals surface area contributed by atoms with Crippen molar-refractivity contribution in [2.24, 2.45) is 0 Å². The van der Waals surface area contributed by atoms with E-state index >= 15 is 0 Å². The molecule has 4 rings (SSSR count). The first-order valence-corrected chi connectivity index (χ1v) is 10.3. The maximum absolute atomic E-state index is 9.11. The molecule has 32 heavy (non-hydrogen) atoms. The summed E-state index contributed by atoms with van der Waals surface area (Å²) in [4.78, 5) is 9.49. The zero-order valence-corrected chi connectivity index (χ0v) is 18.4. The molecule has 1 N–H and O–H groups in total. The molecule has 0 aliphatic heterocycles. The van der Waals surface area contributed by atoms with Crippen LogP contribution >= 0.6 is 0 Å². The van der Waals surface area contributed by atoms with Crippen LogP contribution in [-0.4, -0.2) is 49.6 Å². The Morgan fingerprint density at radius 2 is 1.69 bits per heavy atom. The van der Waals surface area contributed by atoms with E-state index in [1.54, 1.807) is 21.3 Å². The van der Waals surface area contributed by atoms with Crippen LogP contribution < -0.4 is 14.2 Å². The Morgan fingerprint density at radius 1 is 0.906 bits per heavy atom.